The van der Waals surface area contributed by atoms with Crippen LogP contribution in [-0.2, 0) is 0 Å². The highest BCUT2D eigenvalue weighted by molar-refractivity contribution is 7.99. The van der Waals surface area contributed by atoms with Crippen molar-refractivity contribution in [1.29, 1.82) is 0 Å². The lowest BCUT2D eigenvalue weighted by Crippen LogP contribution is -2.15. The predicted molar refractivity (Wildman–Crippen MR) is 96.3 cm³/mol. The van der Waals surface area contributed by atoms with Crippen molar-refractivity contribution in [3.8, 4) is 0 Å². The van der Waals surface area contributed by atoms with E-state index in [1.807, 2.05) is 0 Å². The number of hydrogen-bond acceptors (Lipinski definition) is 1. The van der Waals surface area contributed by atoms with Gasteiger partial charge in [0.2, 0.25) is 0 Å². The van der Waals surface area contributed by atoms with Crippen molar-refractivity contribution in [2.24, 2.45) is 5.92 Å². The number of unbranched alkanes of at least 4 members (excludes halogenated alkanes) is 4. The lowest BCUT2D eigenvalue weighted by Gasteiger charge is -2.29. The predicted octanol–water partition coefficient (Wildman–Crippen LogP) is 7.91. The van der Waals surface area contributed by atoms with Gasteiger partial charge in [-0.3, -0.25) is 0 Å². The third-order valence-corrected chi connectivity index (χ3v) is 6.04. The summed E-state index contributed by atoms with van der Waals surface area (Å²) in [6.07, 6.45) is 11.5. The van der Waals surface area contributed by atoms with Gasteiger partial charge in [0.15, 0.2) is 11.6 Å². The molecule has 0 heterocycles. The molecule has 5 heteroatoms. The largest absolute Gasteiger partial charge is 0.289 e. The third kappa shape index (κ3) is 6.19. The standard InChI is InChI=1S/C20H28F4S/c1-2-3-4-5-6-7-14-8-10-15(11-9-14)16-12-13-17(25-20(23)24)19(22)18(16)21/h12-15,20H,2-11H2,1H3. The molecule has 0 amide bonds. The van der Waals surface area contributed by atoms with E-state index in [1.165, 1.54) is 50.7 Å². The molecule has 0 unspecified atom stereocenters. The van der Waals surface area contributed by atoms with Crippen LogP contribution >= 0.6 is 11.8 Å². The number of thioether (sulfide) groups is 1. The molecule has 1 aromatic carbocycles. The van der Waals surface area contributed by atoms with E-state index in [0.717, 1.165) is 25.7 Å². The average Bonchev–Trinajstić information content (AvgIpc) is 2.59. The minimum atomic E-state index is -2.74. The molecule has 1 aromatic rings. The van der Waals surface area contributed by atoms with Gasteiger partial charge in [-0.15, -0.1) is 0 Å². The number of benzene rings is 1. The molecule has 0 atom stereocenters. The van der Waals surface area contributed by atoms with E-state index in [-0.39, 0.29) is 22.6 Å². The minimum Gasteiger partial charge on any atom is -0.203 e. The van der Waals surface area contributed by atoms with Crippen LogP contribution < -0.4 is 0 Å². The van der Waals surface area contributed by atoms with E-state index in [2.05, 4.69) is 6.92 Å². The Morgan fingerprint density at radius 3 is 2.28 bits per heavy atom. The Morgan fingerprint density at radius 2 is 1.64 bits per heavy atom. The fourth-order valence-corrected chi connectivity index (χ4v) is 4.38. The van der Waals surface area contributed by atoms with Gasteiger partial charge in [0.05, 0.1) is 4.90 Å². The second kappa shape index (κ2) is 10.4. The highest BCUT2D eigenvalue weighted by Gasteiger charge is 2.26. The summed E-state index contributed by atoms with van der Waals surface area (Å²) >= 11 is 0.0612. The van der Waals surface area contributed by atoms with Crippen LogP contribution in [0.5, 0.6) is 0 Å². The number of rotatable bonds is 9. The molecule has 0 spiro atoms. The van der Waals surface area contributed by atoms with Crippen LogP contribution in [0.2, 0.25) is 0 Å². The van der Waals surface area contributed by atoms with E-state index in [9.17, 15) is 17.6 Å². The van der Waals surface area contributed by atoms with E-state index >= 15 is 0 Å². The molecule has 142 valence electrons. The fourth-order valence-electron chi connectivity index (χ4n) is 3.85. The quantitative estimate of drug-likeness (QED) is 0.240. The van der Waals surface area contributed by atoms with Crippen LogP contribution in [0, 0.1) is 17.6 Å². The van der Waals surface area contributed by atoms with Crippen molar-refractivity contribution in [3.05, 3.63) is 29.3 Å². The molecular weight excluding hydrogens is 348 g/mol. The fraction of sp³-hybridized carbons (Fsp3) is 0.700. The maximum absolute atomic E-state index is 14.3. The number of alkyl halides is 2. The molecule has 25 heavy (non-hydrogen) atoms. The molecule has 0 aliphatic heterocycles. The summed E-state index contributed by atoms with van der Waals surface area (Å²) in [5.74, 6) is -4.10. The molecule has 0 nitrogen and oxygen atoms in total. The van der Waals surface area contributed by atoms with Crippen LogP contribution in [-0.4, -0.2) is 5.76 Å². The second-order valence-corrected chi connectivity index (χ2v) is 8.11. The Labute approximate surface area is 152 Å². The zero-order valence-electron chi connectivity index (χ0n) is 14.9. The van der Waals surface area contributed by atoms with Crippen molar-refractivity contribution in [2.75, 3.05) is 0 Å². The van der Waals surface area contributed by atoms with Crippen LogP contribution in [0.3, 0.4) is 0 Å². The molecule has 0 aromatic heterocycles. The van der Waals surface area contributed by atoms with Gasteiger partial charge in [-0.2, -0.15) is 8.78 Å². The Balaban J connectivity index is 1.85. The smallest absolute Gasteiger partial charge is 0.203 e. The monoisotopic (exact) mass is 376 g/mol. The molecule has 2 rings (SSSR count). The molecule has 1 aliphatic carbocycles. The normalized spacial score (nSPS) is 21.0. The molecule has 1 aliphatic rings. The Kier molecular flexibility index (Phi) is 8.60. The van der Waals surface area contributed by atoms with Gasteiger partial charge in [0, 0.05) is 0 Å². The summed E-state index contributed by atoms with van der Waals surface area (Å²) in [5.41, 5.74) is 0.359. The van der Waals surface area contributed by atoms with Crippen molar-refractivity contribution >= 4 is 11.8 Å². The first-order valence-electron chi connectivity index (χ1n) is 9.45. The Bertz CT molecular complexity index is 525. The van der Waals surface area contributed by atoms with E-state index in [4.69, 9.17) is 0 Å². The first-order chi connectivity index (χ1) is 12.0. The second-order valence-electron chi connectivity index (χ2n) is 7.08. The van der Waals surface area contributed by atoms with Gasteiger partial charge in [0.1, 0.15) is 0 Å². The van der Waals surface area contributed by atoms with Crippen LogP contribution in [0.15, 0.2) is 17.0 Å². The van der Waals surface area contributed by atoms with Gasteiger partial charge in [-0.25, -0.2) is 8.78 Å². The highest BCUT2D eigenvalue weighted by Crippen LogP contribution is 2.40. The summed E-state index contributed by atoms with van der Waals surface area (Å²) in [7, 11) is 0. The lowest BCUT2D eigenvalue weighted by molar-refractivity contribution is 0.251. The van der Waals surface area contributed by atoms with Crippen molar-refractivity contribution in [3.63, 3.8) is 0 Å². The maximum Gasteiger partial charge on any atom is 0.289 e. The van der Waals surface area contributed by atoms with Crippen molar-refractivity contribution in [2.45, 2.75) is 87.7 Å². The Hall–Kier alpha value is -0.710. The number of hydrogen-bond donors (Lipinski definition) is 0. The molecule has 1 saturated carbocycles. The van der Waals surface area contributed by atoms with Crippen molar-refractivity contribution in [1.82, 2.24) is 0 Å². The maximum atomic E-state index is 14.3. The molecule has 1 fully saturated rings. The molecule has 0 saturated heterocycles. The van der Waals surface area contributed by atoms with Gasteiger partial charge in [-0.1, -0.05) is 63.3 Å². The average molecular weight is 377 g/mol. The molecule has 0 bridgehead atoms. The van der Waals surface area contributed by atoms with Gasteiger partial charge in [-0.05, 0) is 49.1 Å². The van der Waals surface area contributed by atoms with Crippen LogP contribution in [0.1, 0.15) is 82.6 Å². The van der Waals surface area contributed by atoms with Gasteiger partial charge in [0.25, 0.3) is 5.76 Å². The molecular formula is C20H28F4S. The molecule has 0 radical (unpaired) electrons. The summed E-state index contributed by atoms with van der Waals surface area (Å²) in [4.78, 5) is -0.308. The Morgan fingerprint density at radius 1 is 0.960 bits per heavy atom. The van der Waals surface area contributed by atoms with Crippen LogP contribution in [0.4, 0.5) is 17.6 Å². The lowest BCUT2D eigenvalue weighted by atomic mass is 9.77. The van der Waals surface area contributed by atoms with E-state index in [0.29, 0.717) is 11.5 Å². The third-order valence-electron chi connectivity index (χ3n) is 5.30. The van der Waals surface area contributed by atoms with Crippen LogP contribution in [0.25, 0.3) is 0 Å². The summed E-state index contributed by atoms with van der Waals surface area (Å²) in [5, 5.41) is 0. The summed E-state index contributed by atoms with van der Waals surface area (Å²) in [6, 6.07) is 2.79. The topological polar surface area (TPSA) is 0 Å². The van der Waals surface area contributed by atoms with E-state index < -0.39 is 17.4 Å². The summed E-state index contributed by atoms with van der Waals surface area (Å²) < 4.78 is 53.0. The zero-order chi connectivity index (χ0) is 18.2. The first kappa shape index (κ1) is 20.6. The van der Waals surface area contributed by atoms with Gasteiger partial charge < -0.3 is 0 Å². The molecule has 0 N–H and O–H groups in total. The SMILES string of the molecule is CCCCCCCC1CCC(c2ccc(SC(F)F)c(F)c2F)CC1. The zero-order valence-corrected chi connectivity index (χ0v) is 15.7. The van der Waals surface area contributed by atoms with E-state index in [1.54, 1.807) is 0 Å². The van der Waals surface area contributed by atoms with Crippen molar-refractivity contribution < 1.29 is 17.6 Å². The highest BCUT2D eigenvalue weighted by atomic mass is 32.2. The minimum absolute atomic E-state index is 0.0106. The number of halogens is 4. The summed E-state index contributed by atoms with van der Waals surface area (Å²) in [6.45, 7) is 2.21. The van der Waals surface area contributed by atoms with Gasteiger partial charge >= 0.3 is 0 Å². The first-order valence-corrected chi connectivity index (χ1v) is 10.3.